The molecule has 0 aliphatic heterocycles. The van der Waals surface area contributed by atoms with Gasteiger partial charge in [-0.1, -0.05) is 13.8 Å². The number of aromatic hydroxyl groups is 1. The molecule has 1 aromatic rings. The minimum absolute atomic E-state index is 0.0573. The molecular weight excluding hydrogens is 190 g/mol. The van der Waals surface area contributed by atoms with Crippen molar-refractivity contribution in [2.75, 3.05) is 0 Å². The summed E-state index contributed by atoms with van der Waals surface area (Å²) in [5.41, 5.74) is 0.544. The molecule has 82 valence electrons. The van der Waals surface area contributed by atoms with Crippen molar-refractivity contribution < 1.29 is 5.11 Å². The second-order valence-electron chi connectivity index (χ2n) is 4.71. The van der Waals surface area contributed by atoms with Gasteiger partial charge in [0.25, 0.3) is 0 Å². The van der Waals surface area contributed by atoms with Crippen LogP contribution >= 0.6 is 0 Å². The van der Waals surface area contributed by atoms with Crippen LogP contribution < -0.4 is 5.43 Å². The predicted molar refractivity (Wildman–Crippen MR) is 59.2 cm³/mol. The summed E-state index contributed by atoms with van der Waals surface area (Å²) in [4.78, 5) is 11.4. The Balaban J connectivity index is 2.45. The molecule has 0 saturated heterocycles. The average molecular weight is 207 g/mol. The van der Waals surface area contributed by atoms with Gasteiger partial charge >= 0.3 is 0 Å². The first kappa shape index (κ1) is 10.3. The third-order valence-electron chi connectivity index (χ3n) is 2.75. The van der Waals surface area contributed by atoms with Gasteiger partial charge in [0.2, 0.25) is 5.43 Å². The molecule has 1 saturated carbocycles. The van der Waals surface area contributed by atoms with Crippen LogP contribution in [0.15, 0.2) is 17.1 Å². The van der Waals surface area contributed by atoms with Crippen LogP contribution in [0.1, 0.15) is 38.4 Å². The first-order valence-electron chi connectivity index (χ1n) is 5.52. The fourth-order valence-electron chi connectivity index (χ4n) is 1.86. The molecule has 0 amide bonds. The van der Waals surface area contributed by atoms with Gasteiger partial charge in [-0.2, -0.15) is 0 Å². The fraction of sp³-hybridized carbons (Fsp3) is 0.583. The van der Waals surface area contributed by atoms with Crippen LogP contribution in [0.5, 0.6) is 5.75 Å². The second-order valence-corrected chi connectivity index (χ2v) is 4.71. The van der Waals surface area contributed by atoms with E-state index in [1.807, 2.05) is 6.20 Å². The lowest BCUT2D eigenvalue weighted by atomic mass is 10.1. The maximum atomic E-state index is 11.4. The van der Waals surface area contributed by atoms with Gasteiger partial charge in [-0.15, -0.1) is 0 Å². The molecule has 0 aromatic carbocycles. The normalized spacial score (nSPS) is 15.9. The Bertz CT molecular complexity index is 416. The monoisotopic (exact) mass is 207 g/mol. The molecule has 2 rings (SSSR count). The van der Waals surface area contributed by atoms with Gasteiger partial charge in [-0.05, 0) is 25.2 Å². The lowest BCUT2D eigenvalue weighted by molar-refractivity contribution is 0.439. The molecule has 1 N–H and O–H groups in total. The van der Waals surface area contributed by atoms with Crippen LogP contribution in [-0.4, -0.2) is 9.67 Å². The van der Waals surface area contributed by atoms with Crippen molar-refractivity contribution in [1.82, 2.24) is 4.57 Å². The van der Waals surface area contributed by atoms with E-state index in [4.69, 9.17) is 0 Å². The molecular formula is C12H17NO2. The van der Waals surface area contributed by atoms with Crippen molar-refractivity contribution in [2.24, 2.45) is 5.92 Å². The first-order valence-corrected chi connectivity index (χ1v) is 5.52. The van der Waals surface area contributed by atoms with Crippen molar-refractivity contribution in [2.45, 2.75) is 39.2 Å². The van der Waals surface area contributed by atoms with E-state index in [9.17, 15) is 9.90 Å². The zero-order chi connectivity index (χ0) is 11.0. The second kappa shape index (κ2) is 3.72. The van der Waals surface area contributed by atoms with Crippen molar-refractivity contribution in [3.05, 3.63) is 28.2 Å². The molecule has 1 aliphatic carbocycles. The molecule has 0 radical (unpaired) electrons. The molecule has 1 fully saturated rings. The van der Waals surface area contributed by atoms with Crippen molar-refractivity contribution in [1.29, 1.82) is 0 Å². The quantitative estimate of drug-likeness (QED) is 0.824. The van der Waals surface area contributed by atoms with E-state index in [-0.39, 0.29) is 11.2 Å². The standard InChI is InChI=1S/C12H17NO2/c1-8(2)7-10-12(15)11(14)5-6-13(10)9-3-4-9/h5-6,8-9,15H,3-4,7H2,1-2H3. The largest absolute Gasteiger partial charge is 0.503 e. The van der Waals surface area contributed by atoms with E-state index in [1.54, 1.807) is 0 Å². The third-order valence-corrected chi connectivity index (χ3v) is 2.75. The fourth-order valence-corrected chi connectivity index (χ4v) is 1.86. The highest BCUT2D eigenvalue weighted by Gasteiger charge is 2.26. The number of hydrogen-bond donors (Lipinski definition) is 1. The molecule has 1 aliphatic rings. The molecule has 0 bridgehead atoms. The Morgan fingerprint density at radius 3 is 2.73 bits per heavy atom. The Kier molecular flexibility index (Phi) is 2.55. The minimum Gasteiger partial charge on any atom is -0.503 e. The lowest BCUT2D eigenvalue weighted by Crippen LogP contribution is -2.13. The van der Waals surface area contributed by atoms with Crippen LogP contribution in [0, 0.1) is 5.92 Å². The third kappa shape index (κ3) is 2.06. The number of aromatic nitrogens is 1. The van der Waals surface area contributed by atoms with E-state index >= 15 is 0 Å². The number of rotatable bonds is 3. The summed E-state index contributed by atoms with van der Waals surface area (Å²) >= 11 is 0. The minimum atomic E-state index is -0.262. The van der Waals surface area contributed by atoms with E-state index in [0.717, 1.165) is 25.0 Å². The van der Waals surface area contributed by atoms with Gasteiger partial charge in [-0.3, -0.25) is 4.79 Å². The summed E-state index contributed by atoms with van der Waals surface area (Å²) in [6.45, 7) is 4.18. The number of nitrogens with zero attached hydrogens (tertiary/aromatic N) is 1. The molecule has 3 heteroatoms. The molecule has 0 unspecified atom stereocenters. The SMILES string of the molecule is CC(C)Cc1c(O)c(=O)ccn1C1CC1. The van der Waals surface area contributed by atoms with Gasteiger partial charge in [0.1, 0.15) is 0 Å². The Labute approximate surface area is 89.4 Å². The highest BCUT2D eigenvalue weighted by Crippen LogP contribution is 2.37. The summed E-state index contributed by atoms with van der Waals surface area (Å²) in [5, 5.41) is 9.77. The van der Waals surface area contributed by atoms with Crippen LogP contribution in [-0.2, 0) is 6.42 Å². The highest BCUT2D eigenvalue weighted by molar-refractivity contribution is 5.28. The van der Waals surface area contributed by atoms with Crippen LogP contribution in [0.25, 0.3) is 0 Å². The van der Waals surface area contributed by atoms with E-state index in [2.05, 4.69) is 18.4 Å². The van der Waals surface area contributed by atoms with Gasteiger partial charge in [0.05, 0.1) is 5.69 Å². The predicted octanol–water partition coefficient (Wildman–Crippen LogP) is 2.09. The number of hydrogen-bond acceptors (Lipinski definition) is 2. The number of pyridine rings is 1. The zero-order valence-electron chi connectivity index (χ0n) is 9.23. The average Bonchev–Trinajstić information content (AvgIpc) is 2.96. The summed E-state index contributed by atoms with van der Waals surface area (Å²) in [5.74, 6) is 0.390. The summed E-state index contributed by atoms with van der Waals surface area (Å²) < 4.78 is 2.07. The topological polar surface area (TPSA) is 42.2 Å². The molecule has 1 heterocycles. The lowest BCUT2D eigenvalue weighted by Gasteiger charge is -2.15. The van der Waals surface area contributed by atoms with Gasteiger partial charge in [0, 0.05) is 18.3 Å². The smallest absolute Gasteiger partial charge is 0.223 e. The maximum absolute atomic E-state index is 11.4. The zero-order valence-corrected chi connectivity index (χ0v) is 9.23. The molecule has 15 heavy (non-hydrogen) atoms. The maximum Gasteiger partial charge on any atom is 0.223 e. The highest BCUT2D eigenvalue weighted by atomic mass is 16.3. The molecule has 0 atom stereocenters. The van der Waals surface area contributed by atoms with Gasteiger partial charge in [0.15, 0.2) is 5.75 Å². The first-order chi connectivity index (χ1) is 7.09. The Morgan fingerprint density at radius 2 is 2.20 bits per heavy atom. The summed E-state index contributed by atoms with van der Waals surface area (Å²) in [7, 11) is 0. The van der Waals surface area contributed by atoms with Crippen LogP contribution in [0.4, 0.5) is 0 Å². The van der Waals surface area contributed by atoms with Crippen molar-refractivity contribution in [3.63, 3.8) is 0 Å². The summed E-state index contributed by atoms with van der Waals surface area (Å²) in [6.07, 6.45) is 4.90. The summed E-state index contributed by atoms with van der Waals surface area (Å²) in [6, 6.07) is 1.96. The van der Waals surface area contributed by atoms with Gasteiger partial charge < -0.3 is 9.67 Å². The van der Waals surface area contributed by atoms with Crippen molar-refractivity contribution in [3.8, 4) is 5.75 Å². The molecule has 3 nitrogen and oxygen atoms in total. The van der Waals surface area contributed by atoms with E-state index < -0.39 is 0 Å². The van der Waals surface area contributed by atoms with Crippen LogP contribution in [0.3, 0.4) is 0 Å². The molecule has 1 aromatic heterocycles. The Morgan fingerprint density at radius 1 is 1.53 bits per heavy atom. The van der Waals surface area contributed by atoms with E-state index in [1.165, 1.54) is 6.07 Å². The molecule has 0 spiro atoms. The Hall–Kier alpha value is -1.25. The van der Waals surface area contributed by atoms with Crippen LogP contribution in [0.2, 0.25) is 0 Å². The van der Waals surface area contributed by atoms with Crippen molar-refractivity contribution >= 4 is 0 Å². The van der Waals surface area contributed by atoms with E-state index in [0.29, 0.717) is 12.0 Å². The van der Waals surface area contributed by atoms with Gasteiger partial charge in [-0.25, -0.2) is 0 Å².